The normalized spacial score (nSPS) is 12.1. The van der Waals surface area contributed by atoms with Gasteiger partial charge in [-0.25, -0.2) is 10.2 Å². The fourth-order valence-corrected chi connectivity index (χ4v) is 3.44. The summed E-state index contributed by atoms with van der Waals surface area (Å²) in [7, 11) is 0. The Morgan fingerprint density at radius 2 is 1.69 bits per heavy atom. The van der Waals surface area contributed by atoms with Crippen molar-refractivity contribution in [1.82, 2.24) is 10.7 Å². The van der Waals surface area contributed by atoms with Gasteiger partial charge in [0.1, 0.15) is 17.6 Å². The molecule has 2 aromatic carbocycles. The van der Waals surface area contributed by atoms with Gasteiger partial charge in [0.25, 0.3) is 11.8 Å². The lowest BCUT2D eigenvalue weighted by atomic mass is 10.0. The quantitative estimate of drug-likeness (QED) is 0.238. The molecule has 0 saturated heterocycles. The first-order chi connectivity index (χ1) is 17.1. The third-order valence-corrected chi connectivity index (χ3v) is 5.30. The minimum absolute atomic E-state index is 0.181. The van der Waals surface area contributed by atoms with Crippen LogP contribution in [0.25, 0.3) is 11.3 Å². The van der Waals surface area contributed by atoms with E-state index in [1.165, 1.54) is 12.3 Å². The fourth-order valence-electron chi connectivity index (χ4n) is 3.25. The second-order valence-corrected chi connectivity index (χ2v) is 9.11. The monoisotopic (exact) mass is 509 g/mol. The summed E-state index contributed by atoms with van der Waals surface area (Å²) in [6, 6.07) is 16.0. The smallest absolute Gasteiger partial charge is 0.338 e. The van der Waals surface area contributed by atoms with E-state index in [9.17, 15) is 14.4 Å². The van der Waals surface area contributed by atoms with Gasteiger partial charge in [0.15, 0.2) is 0 Å². The number of carbonyl (C=O) groups excluding carboxylic acids is 3. The van der Waals surface area contributed by atoms with Crippen LogP contribution in [0.2, 0.25) is 5.02 Å². The second kappa shape index (κ2) is 12.2. The molecule has 0 radical (unpaired) electrons. The molecule has 1 atom stereocenters. The van der Waals surface area contributed by atoms with Crippen LogP contribution in [0.15, 0.2) is 70.2 Å². The number of carbonyl (C=O) groups is 3. The van der Waals surface area contributed by atoms with Crippen LogP contribution < -0.4 is 10.7 Å². The van der Waals surface area contributed by atoms with Gasteiger partial charge in [-0.2, -0.15) is 5.10 Å². The van der Waals surface area contributed by atoms with Crippen molar-refractivity contribution in [3.05, 3.63) is 82.6 Å². The van der Waals surface area contributed by atoms with Crippen LogP contribution in [-0.4, -0.2) is 36.1 Å². The minimum atomic E-state index is -0.804. The highest BCUT2D eigenvalue weighted by atomic mass is 35.5. The van der Waals surface area contributed by atoms with Gasteiger partial charge in [0.05, 0.1) is 17.9 Å². The van der Waals surface area contributed by atoms with Crippen LogP contribution in [-0.2, 0) is 9.53 Å². The summed E-state index contributed by atoms with van der Waals surface area (Å²) in [5.74, 6) is -0.456. The van der Waals surface area contributed by atoms with Crippen LogP contribution in [0.4, 0.5) is 0 Å². The molecule has 2 amide bonds. The van der Waals surface area contributed by atoms with Crippen molar-refractivity contribution in [3.8, 4) is 11.3 Å². The zero-order valence-corrected chi connectivity index (χ0v) is 21.2. The van der Waals surface area contributed by atoms with Crippen molar-refractivity contribution in [2.24, 2.45) is 11.0 Å². The molecule has 0 aliphatic carbocycles. The molecule has 3 rings (SSSR count). The van der Waals surface area contributed by atoms with Crippen LogP contribution in [0.3, 0.4) is 0 Å². The Bertz CT molecular complexity index is 1250. The molecule has 36 heavy (non-hydrogen) atoms. The maximum absolute atomic E-state index is 12.7. The van der Waals surface area contributed by atoms with Crippen molar-refractivity contribution >= 4 is 35.6 Å². The van der Waals surface area contributed by atoms with Gasteiger partial charge in [-0.3, -0.25) is 9.59 Å². The number of hydrazone groups is 1. The van der Waals surface area contributed by atoms with Crippen molar-refractivity contribution < 1.29 is 23.5 Å². The molecule has 3 aromatic rings. The number of furan rings is 1. The average molecular weight is 510 g/mol. The van der Waals surface area contributed by atoms with Gasteiger partial charge in [-0.15, -0.1) is 0 Å². The van der Waals surface area contributed by atoms with E-state index >= 15 is 0 Å². The molecule has 8 nitrogen and oxygen atoms in total. The first kappa shape index (κ1) is 26.7. The zero-order valence-electron chi connectivity index (χ0n) is 20.4. The topological polar surface area (TPSA) is 110 Å². The van der Waals surface area contributed by atoms with E-state index in [0.717, 1.165) is 5.56 Å². The Kier molecular flexibility index (Phi) is 9.02. The highest BCUT2D eigenvalue weighted by Crippen LogP contribution is 2.22. The standard InChI is InChI=1S/C27H28ClN3O5/c1-16(2)24(30-25(32)20-6-5-7-21(28)14-20)26(33)31-29-15-22-12-13-23(36-22)18-8-10-19(11-9-18)27(34)35-17(3)4/h5-17,24H,1-4H3,(H,30,32)(H,31,33). The van der Waals surface area contributed by atoms with Crippen molar-refractivity contribution in [2.45, 2.75) is 39.8 Å². The zero-order chi connectivity index (χ0) is 26.2. The summed E-state index contributed by atoms with van der Waals surface area (Å²) in [6.07, 6.45) is 1.17. The summed E-state index contributed by atoms with van der Waals surface area (Å²) in [5.41, 5.74) is 4.02. The molecule has 188 valence electrons. The summed E-state index contributed by atoms with van der Waals surface area (Å²) in [5, 5.41) is 7.11. The van der Waals surface area contributed by atoms with Crippen LogP contribution in [0, 0.1) is 5.92 Å². The molecule has 9 heteroatoms. The van der Waals surface area contributed by atoms with Crippen molar-refractivity contribution in [2.75, 3.05) is 0 Å². The molecule has 0 saturated carbocycles. The number of esters is 1. The summed E-state index contributed by atoms with van der Waals surface area (Å²) >= 11 is 5.95. The molecular weight excluding hydrogens is 482 g/mol. The number of halogens is 1. The lowest BCUT2D eigenvalue weighted by Gasteiger charge is -2.20. The molecule has 0 aliphatic rings. The summed E-state index contributed by atoms with van der Waals surface area (Å²) < 4.78 is 10.9. The Morgan fingerprint density at radius 1 is 0.972 bits per heavy atom. The van der Waals surface area contributed by atoms with E-state index in [0.29, 0.717) is 27.7 Å². The van der Waals surface area contributed by atoms with E-state index in [2.05, 4.69) is 15.8 Å². The van der Waals surface area contributed by atoms with E-state index < -0.39 is 17.9 Å². The van der Waals surface area contributed by atoms with Gasteiger partial charge in [-0.05, 0) is 62.2 Å². The number of hydrogen-bond acceptors (Lipinski definition) is 6. The lowest BCUT2D eigenvalue weighted by Crippen LogP contribution is -2.48. The first-order valence-electron chi connectivity index (χ1n) is 11.4. The molecule has 1 unspecified atom stereocenters. The highest BCUT2D eigenvalue weighted by Gasteiger charge is 2.24. The molecule has 0 spiro atoms. The third-order valence-electron chi connectivity index (χ3n) is 5.06. The van der Waals surface area contributed by atoms with E-state index in [1.54, 1.807) is 68.4 Å². The van der Waals surface area contributed by atoms with Gasteiger partial charge < -0.3 is 14.5 Å². The number of benzene rings is 2. The molecule has 0 bridgehead atoms. The van der Waals surface area contributed by atoms with Gasteiger partial charge in [-0.1, -0.05) is 43.6 Å². The van der Waals surface area contributed by atoms with Gasteiger partial charge in [0.2, 0.25) is 0 Å². The number of ether oxygens (including phenoxy) is 1. The SMILES string of the molecule is CC(C)OC(=O)c1ccc(-c2ccc(C=NNC(=O)C(NC(=O)c3cccc(Cl)c3)C(C)C)o2)cc1. The highest BCUT2D eigenvalue weighted by molar-refractivity contribution is 6.31. The van der Waals surface area contributed by atoms with Crippen LogP contribution in [0.5, 0.6) is 0 Å². The number of nitrogens with one attached hydrogen (secondary N) is 2. The maximum Gasteiger partial charge on any atom is 0.338 e. The molecule has 0 aliphatic heterocycles. The fraction of sp³-hybridized carbons (Fsp3) is 0.259. The number of hydrogen-bond donors (Lipinski definition) is 2. The van der Waals surface area contributed by atoms with Gasteiger partial charge >= 0.3 is 5.97 Å². The Balaban J connectivity index is 1.60. The van der Waals surface area contributed by atoms with Crippen LogP contribution >= 0.6 is 11.6 Å². The van der Waals surface area contributed by atoms with E-state index in [-0.39, 0.29) is 18.0 Å². The van der Waals surface area contributed by atoms with Gasteiger partial charge in [0, 0.05) is 16.1 Å². The number of amides is 2. The summed E-state index contributed by atoms with van der Waals surface area (Å²) in [4.78, 5) is 37.2. The van der Waals surface area contributed by atoms with E-state index in [1.807, 2.05) is 13.8 Å². The molecular formula is C27H28ClN3O5. The Morgan fingerprint density at radius 3 is 2.33 bits per heavy atom. The Labute approximate surface area is 214 Å². The maximum atomic E-state index is 12.7. The lowest BCUT2D eigenvalue weighted by molar-refractivity contribution is -0.123. The molecule has 1 heterocycles. The molecule has 1 aromatic heterocycles. The van der Waals surface area contributed by atoms with Crippen LogP contribution in [0.1, 0.15) is 54.2 Å². The predicted molar refractivity (Wildman–Crippen MR) is 138 cm³/mol. The summed E-state index contributed by atoms with van der Waals surface area (Å²) in [6.45, 7) is 7.22. The third kappa shape index (κ3) is 7.29. The Hall–Kier alpha value is -3.91. The number of rotatable bonds is 9. The van der Waals surface area contributed by atoms with E-state index in [4.69, 9.17) is 20.8 Å². The molecule has 0 fully saturated rings. The number of nitrogens with zero attached hydrogens (tertiary/aromatic N) is 1. The average Bonchev–Trinajstić information content (AvgIpc) is 3.30. The predicted octanol–water partition coefficient (Wildman–Crippen LogP) is 5.07. The first-order valence-corrected chi connectivity index (χ1v) is 11.8. The molecule has 2 N–H and O–H groups in total. The minimum Gasteiger partial charge on any atom is -0.459 e. The largest absolute Gasteiger partial charge is 0.459 e. The van der Waals surface area contributed by atoms with Crippen molar-refractivity contribution in [1.29, 1.82) is 0 Å². The second-order valence-electron chi connectivity index (χ2n) is 8.67. The van der Waals surface area contributed by atoms with Crippen molar-refractivity contribution in [3.63, 3.8) is 0 Å².